The Morgan fingerprint density at radius 3 is 2.61 bits per heavy atom. The minimum atomic E-state index is -0.397. The van der Waals surface area contributed by atoms with Gasteiger partial charge in [-0.3, -0.25) is 0 Å². The maximum atomic E-state index is 12.1. The van der Waals surface area contributed by atoms with E-state index in [2.05, 4.69) is 5.32 Å². The second-order valence-corrected chi connectivity index (χ2v) is 4.71. The van der Waals surface area contributed by atoms with Crippen molar-refractivity contribution in [3.05, 3.63) is 24.3 Å². The first-order valence-electron chi connectivity index (χ1n) is 5.80. The molecule has 0 spiro atoms. The third-order valence-corrected chi connectivity index (χ3v) is 3.06. The fourth-order valence-corrected chi connectivity index (χ4v) is 1.36. The van der Waals surface area contributed by atoms with Crippen molar-refractivity contribution in [3.8, 4) is 5.75 Å². The Morgan fingerprint density at radius 2 is 2.06 bits per heavy atom. The molecule has 5 heteroatoms. The van der Waals surface area contributed by atoms with E-state index in [1.54, 1.807) is 31.2 Å². The second kappa shape index (κ2) is 5.73. The van der Waals surface area contributed by atoms with Gasteiger partial charge in [-0.1, -0.05) is 12.1 Å². The van der Waals surface area contributed by atoms with Crippen LogP contribution < -0.4 is 15.8 Å². The van der Waals surface area contributed by atoms with Gasteiger partial charge in [0, 0.05) is 13.6 Å². The van der Waals surface area contributed by atoms with Crippen LogP contribution in [0.3, 0.4) is 0 Å². The number of carbonyl (C=O) groups excluding carboxylic acids is 1. The van der Waals surface area contributed by atoms with Gasteiger partial charge in [-0.25, -0.2) is 4.79 Å². The minimum Gasteiger partial charge on any atom is -0.495 e. The zero-order valence-electron chi connectivity index (χ0n) is 11.4. The predicted octanol–water partition coefficient (Wildman–Crippen LogP) is 1.90. The zero-order chi connectivity index (χ0) is 13.8. The molecule has 1 rings (SSSR count). The number of hydrogen-bond donors (Lipinski definition) is 2. The number of urea groups is 1. The van der Waals surface area contributed by atoms with Crippen LogP contribution in [0.5, 0.6) is 5.75 Å². The van der Waals surface area contributed by atoms with Crippen LogP contribution in [0.15, 0.2) is 24.3 Å². The fourth-order valence-electron chi connectivity index (χ4n) is 1.36. The van der Waals surface area contributed by atoms with Crippen molar-refractivity contribution in [2.75, 3.05) is 26.0 Å². The first kappa shape index (κ1) is 14.3. The number of rotatable bonds is 4. The molecule has 2 amide bonds. The van der Waals surface area contributed by atoms with E-state index in [4.69, 9.17) is 10.5 Å². The van der Waals surface area contributed by atoms with E-state index in [1.807, 2.05) is 26.0 Å². The van der Waals surface area contributed by atoms with Crippen LogP contribution in [0.1, 0.15) is 13.8 Å². The van der Waals surface area contributed by atoms with Crippen LogP contribution in [0.25, 0.3) is 0 Å². The average molecular weight is 251 g/mol. The second-order valence-electron chi connectivity index (χ2n) is 4.71. The topological polar surface area (TPSA) is 67.6 Å². The molecule has 0 aliphatic carbocycles. The highest BCUT2D eigenvalue weighted by Crippen LogP contribution is 2.24. The molecule has 5 nitrogen and oxygen atoms in total. The lowest BCUT2D eigenvalue weighted by molar-refractivity contribution is 0.172. The Morgan fingerprint density at radius 1 is 1.44 bits per heavy atom. The molecule has 0 aromatic heterocycles. The Bertz CT molecular complexity index is 418. The van der Waals surface area contributed by atoms with Gasteiger partial charge in [-0.15, -0.1) is 0 Å². The van der Waals surface area contributed by atoms with Crippen molar-refractivity contribution in [2.45, 2.75) is 19.4 Å². The monoisotopic (exact) mass is 251 g/mol. The Kier molecular flexibility index (Phi) is 4.55. The van der Waals surface area contributed by atoms with Gasteiger partial charge in [0.2, 0.25) is 0 Å². The highest BCUT2D eigenvalue weighted by Gasteiger charge is 2.26. The standard InChI is InChI=1S/C13H21N3O2/c1-13(2,9-14)16(3)12(17)15-10-7-5-6-8-11(10)18-4/h5-8H,9,14H2,1-4H3,(H,15,17). The van der Waals surface area contributed by atoms with Crippen LogP contribution in [0.2, 0.25) is 0 Å². The van der Waals surface area contributed by atoms with Crippen molar-refractivity contribution in [1.82, 2.24) is 4.90 Å². The Labute approximate surface area is 108 Å². The highest BCUT2D eigenvalue weighted by atomic mass is 16.5. The number of likely N-dealkylation sites (N-methyl/N-ethyl adjacent to an activating group) is 1. The summed E-state index contributed by atoms with van der Waals surface area (Å²) in [4.78, 5) is 13.7. The number of carbonyl (C=O) groups is 1. The summed E-state index contributed by atoms with van der Waals surface area (Å²) >= 11 is 0. The Hall–Kier alpha value is -1.75. The smallest absolute Gasteiger partial charge is 0.322 e. The summed E-state index contributed by atoms with van der Waals surface area (Å²) in [5, 5.41) is 2.81. The summed E-state index contributed by atoms with van der Waals surface area (Å²) in [5.74, 6) is 0.629. The van der Waals surface area contributed by atoms with Gasteiger partial charge in [0.05, 0.1) is 18.3 Å². The molecule has 0 saturated carbocycles. The van der Waals surface area contributed by atoms with E-state index in [0.29, 0.717) is 18.0 Å². The molecule has 0 aliphatic rings. The number of benzene rings is 1. The highest BCUT2D eigenvalue weighted by molar-refractivity contribution is 5.91. The molecule has 0 unspecified atom stereocenters. The zero-order valence-corrected chi connectivity index (χ0v) is 11.4. The lowest BCUT2D eigenvalue weighted by atomic mass is 10.1. The van der Waals surface area contributed by atoms with E-state index in [9.17, 15) is 4.79 Å². The number of nitrogens with zero attached hydrogens (tertiary/aromatic N) is 1. The summed E-state index contributed by atoms with van der Waals surface area (Å²) in [6, 6.07) is 7.06. The molecular weight excluding hydrogens is 230 g/mol. The van der Waals surface area contributed by atoms with E-state index in [1.165, 1.54) is 0 Å². The molecule has 0 radical (unpaired) electrons. The van der Waals surface area contributed by atoms with Crippen LogP contribution >= 0.6 is 0 Å². The number of methoxy groups -OCH3 is 1. The number of nitrogens with one attached hydrogen (secondary N) is 1. The summed E-state index contributed by atoms with van der Waals surface area (Å²) in [6.07, 6.45) is 0. The largest absolute Gasteiger partial charge is 0.495 e. The van der Waals surface area contributed by atoms with Crippen LogP contribution in [0.4, 0.5) is 10.5 Å². The molecule has 0 saturated heterocycles. The number of para-hydroxylation sites is 2. The number of amides is 2. The summed E-state index contributed by atoms with van der Waals surface area (Å²) in [7, 11) is 3.29. The molecule has 3 N–H and O–H groups in total. The van der Waals surface area contributed by atoms with Crippen molar-refractivity contribution in [3.63, 3.8) is 0 Å². The van der Waals surface area contributed by atoms with Gasteiger partial charge in [-0.2, -0.15) is 0 Å². The van der Waals surface area contributed by atoms with Gasteiger partial charge in [0.1, 0.15) is 5.75 Å². The first-order chi connectivity index (χ1) is 8.42. The van der Waals surface area contributed by atoms with Crippen molar-refractivity contribution >= 4 is 11.7 Å². The molecule has 1 aromatic carbocycles. The molecule has 0 fully saturated rings. The molecular formula is C13H21N3O2. The summed E-state index contributed by atoms with van der Waals surface area (Å²) in [5.41, 5.74) is 5.89. The average Bonchev–Trinajstić information content (AvgIpc) is 2.38. The van der Waals surface area contributed by atoms with Gasteiger partial charge < -0.3 is 20.7 Å². The van der Waals surface area contributed by atoms with Crippen molar-refractivity contribution < 1.29 is 9.53 Å². The van der Waals surface area contributed by atoms with Gasteiger partial charge in [-0.05, 0) is 26.0 Å². The molecule has 1 aromatic rings. The van der Waals surface area contributed by atoms with E-state index in [-0.39, 0.29) is 6.03 Å². The van der Waals surface area contributed by atoms with E-state index < -0.39 is 5.54 Å². The van der Waals surface area contributed by atoms with Crippen LogP contribution in [-0.4, -0.2) is 37.2 Å². The number of nitrogens with two attached hydrogens (primary N) is 1. The number of anilines is 1. The SMILES string of the molecule is COc1ccccc1NC(=O)N(C)C(C)(C)CN. The van der Waals surface area contributed by atoms with Crippen molar-refractivity contribution in [2.24, 2.45) is 5.73 Å². The maximum Gasteiger partial charge on any atom is 0.322 e. The van der Waals surface area contributed by atoms with Crippen LogP contribution in [-0.2, 0) is 0 Å². The molecule has 100 valence electrons. The summed E-state index contributed by atoms with van der Waals surface area (Å²) < 4.78 is 5.18. The number of ether oxygens (including phenoxy) is 1. The third-order valence-electron chi connectivity index (χ3n) is 3.06. The van der Waals surface area contributed by atoms with E-state index in [0.717, 1.165) is 0 Å². The quantitative estimate of drug-likeness (QED) is 0.858. The normalized spacial score (nSPS) is 10.9. The predicted molar refractivity (Wildman–Crippen MR) is 72.9 cm³/mol. The fraction of sp³-hybridized carbons (Fsp3) is 0.462. The summed E-state index contributed by atoms with van der Waals surface area (Å²) in [6.45, 7) is 4.21. The molecule has 0 heterocycles. The van der Waals surface area contributed by atoms with Crippen LogP contribution in [0, 0.1) is 0 Å². The van der Waals surface area contributed by atoms with Gasteiger partial charge in [0.15, 0.2) is 0 Å². The third kappa shape index (κ3) is 3.13. The number of hydrogen-bond acceptors (Lipinski definition) is 3. The molecule has 0 aliphatic heterocycles. The Balaban J connectivity index is 2.82. The van der Waals surface area contributed by atoms with Gasteiger partial charge >= 0.3 is 6.03 Å². The molecule has 18 heavy (non-hydrogen) atoms. The minimum absolute atomic E-state index is 0.213. The van der Waals surface area contributed by atoms with Crippen molar-refractivity contribution in [1.29, 1.82) is 0 Å². The molecule has 0 atom stereocenters. The lowest BCUT2D eigenvalue weighted by Crippen LogP contribution is -2.51. The van der Waals surface area contributed by atoms with Gasteiger partial charge in [0.25, 0.3) is 0 Å². The van der Waals surface area contributed by atoms with E-state index >= 15 is 0 Å². The maximum absolute atomic E-state index is 12.1. The molecule has 0 bridgehead atoms. The lowest BCUT2D eigenvalue weighted by Gasteiger charge is -2.34. The first-order valence-corrected chi connectivity index (χ1v) is 5.80.